The van der Waals surface area contributed by atoms with Crippen molar-refractivity contribution in [1.29, 1.82) is 0 Å². The first-order chi connectivity index (χ1) is 9.69. The molecule has 20 heavy (non-hydrogen) atoms. The van der Waals surface area contributed by atoms with Crippen molar-refractivity contribution in [2.45, 2.75) is 26.3 Å². The van der Waals surface area contributed by atoms with E-state index >= 15 is 0 Å². The van der Waals surface area contributed by atoms with Crippen LogP contribution < -0.4 is 11.3 Å². The topological polar surface area (TPSA) is 87.4 Å². The van der Waals surface area contributed by atoms with Gasteiger partial charge in [-0.15, -0.1) is 0 Å². The van der Waals surface area contributed by atoms with Gasteiger partial charge in [-0.1, -0.05) is 13.8 Å². The zero-order valence-electron chi connectivity index (χ0n) is 12.0. The third-order valence-corrected chi connectivity index (χ3v) is 3.80. The second kappa shape index (κ2) is 6.62. The number of anilines is 1. The molecule has 0 aliphatic carbocycles. The van der Waals surface area contributed by atoms with Gasteiger partial charge in [-0.25, -0.2) is 15.8 Å². The second-order valence-corrected chi connectivity index (χ2v) is 4.85. The van der Waals surface area contributed by atoms with Crippen LogP contribution >= 0.6 is 0 Å². The highest BCUT2D eigenvalue weighted by atomic mass is 16.2. The average molecular weight is 278 g/mol. The van der Waals surface area contributed by atoms with E-state index < -0.39 is 0 Å². The van der Waals surface area contributed by atoms with Crippen LogP contribution in [-0.4, -0.2) is 57.9 Å². The fourth-order valence-electron chi connectivity index (χ4n) is 2.64. The van der Waals surface area contributed by atoms with Crippen molar-refractivity contribution in [3.63, 3.8) is 0 Å². The van der Waals surface area contributed by atoms with E-state index in [1.165, 1.54) is 12.4 Å². The molecule has 1 aromatic rings. The maximum atomic E-state index is 12.3. The van der Waals surface area contributed by atoms with E-state index in [-0.39, 0.29) is 5.91 Å². The SMILES string of the molecule is CCN(CC)C1CCN(C(=O)c2cnc(NN)cn2)C1. The van der Waals surface area contributed by atoms with E-state index in [9.17, 15) is 4.79 Å². The summed E-state index contributed by atoms with van der Waals surface area (Å²) in [4.78, 5) is 24.7. The van der Waals surface area contributed by atoms with Gasteiger partial charge >= 0.3 is 0 Å². The van der Waals surface area contributed by atoms with E-state index in [2.05, 4.69) is 34.1 Å². The quantitative estimate of drug-likeness (QED) is 0.596. The van der Waals surface area contributed by atoms with Gasteiger partial charge in [-0.3, -0.25) is 9.69 Å². The summed E-state index contributed by atoms with van der Waals surface area (Å²) in [5, 5.41) is 0. The molecule has 7 heteroatoms. The number of amides is 1. The molecule has 110 valence electrons. The fourth-order valence-corrected chi connectivity index (χ4v) is 2.64. The van der Waals surface area contributed by atoms with Crippen LogP contribution in [0.5, 0.6) is 0 Å². The summed E-state index contributed by atoms with van der Waals surface area (Å²) in [6, 6.07) is 0.451. The smallest absolute Gasteiger partial charge is 0.274 e. The van der Waals surface area contributed by atoms with Gasteiger partial charge in [0.25, 0.3) is 5.91 Å². The molecule has 7 nitrogen and oxygen atoms in total. The Hall–Kier alpha value is -1.73. The monoisotopic (exact) mass is 278 g/mol. The number of aromatic nitrogens is 2. The number of nitrogens with one attached hydrogen (secondary N) is 1. The van der Waals surface area contributed by atoms with Crippen LogP contribution in [0.25, 0.3) is 0 Å². The summed E-state index contributed by atoms with van der Waals surface area (Å²) in [6.07, 6.45) is 3.94. The van der Waals surface area contributed by atoms with Crippen molar-refractivity contribution in [2.24, 2.45) is 5.84 Å². The molecular formula is C13H22N6O. The van der Waals surface area contributed by atoms with Crippen molar-refractivity contribution < 1.29 is 4.79 Å². The summed E-state index contributed by atoms with van der Waals surface area (Å²) in [5.41, 5.74) is 2.76. The lowest BCUT2D eigenvalue weighted by molar-refractivity contribution is 0.0772. The maximum Gasteiger partial charge on any atom is 0.274 e. The lowest BCUT2D eigenvalue weighted by Crippen LogP contribution is -2.38. The number of likely N-dealkylation sites (N-methyl/N-ethyl adjacent to an activating group) is 1. The summed E-state index contributed by atoms with van der Waals surface area (Å²) < 4.78 is 0. The summed E-state index contributed by atoms with van der Waals surface area (Å²) in [6.45, 7) is 7.87. The van der Waals surface area contributed by atoms with Crippen LogP contribution in [0, 0.1) is 0 Å². The number of rotatable bonds is 5. The van der Waals surface area contributed by atoms with Crippen molar-refractivity contribution in [3.05, 3.63) is 18.1 Å². The Morgan fingerprint density at radius 3 is 2.75 bits per heavy atom. The van der Waals surface area contributed by atoms with Gasteiger partial charge < -0.3 is 10.3 Å². The molecule has 1 amide bonds. The molecule has 0 radical (unpaired) electrons. The number of nitrogens with two attached hydrogens (primary N) is 1. The number of hydrazine groups is 1. The van der Waals surface area contributed by atoms with Crippen LogP contribution in [0.3, 0.4) is 0 Å². The van der Waals surface area contributed by atoms with Crippen molar-refractivity contribution >= 4 is 11.7 Å². The number of nitrogen functional groups attached to an aromatic ring is 1. The first kappa shape index (κ1) is 14.7. The molecule has 0 saturated carbocycles. The van der Waals surface area contributed by atoms with Gasteiger partial charge in [0.05, 0.1) is 12.4 Å². The van der Waals surface area contributed by atoms with Crippen LogP contribution in [0.2, 0.25) is 0 Å². The molecule has 1 saturated heterocycles. The zero-order valence-corrected chi connectivity index (χ0v) is 12.0. The second-order valence-electron chi connectivity index (χ2n) is 4.85. The fraction of sp³-hybridized carbons (Fsp3) is 0.615. The van der Waals surface area contributed by atoms with Crippen molar-refractivity contribution in [1.82, 2.24) is 19.8 Å². The highest BCUT2D eigenvalue weighted by Crippen LogP contribution is 2.17. The number of hydrogen-bond donors (Lipinski definition) is 2. The van der Waals surface area contributed by atoms with Crippen molar-refractivity contribution in [2.75, 3.05) is 31.6 Å². The van der Waals surface area contributed by atoms with Gasteiger partial charge in [0.2, 0.25) is 0 Å². The van der Waals surface area contributed by atoms with E-state index in [0.29, 0.717) is 17.6 Å². The van der Waals surface area contributed by atoms with E-state index in [1.807, 2.05) is 4.90 Å². The Bertz CT molecular complexity index is 445. The Kier molecular flexibility index (Phi) is 4.86. The van der Waals surface area contributed by atoms with Crippen LogP contribution in [0.15, 0.2) is 12.4 Å². The molecular weight excluding hydrogens is 256 g/mol. The lowest BCUT2D eigenvalue weighted by atomic mass is 10.2. The third kappa shape index (κ3) is 3.05. The van der Waals surface area contributed by atoms with Gasteiger partial charge in [-0.05, 0) is 19.5 Å². The number of carbonyl (C=O) groups is 1. The highest BCUT2D eigenvalue weighted by molar-refractivity contribution is 5.92. The Morgan fingerprint density at radius 1 is 1.45 bits per heavy atom. The molecule has 1 atom stereocenters. The Balaban J connectivity index is 2.00. The molecule has 2 heterocycles. The molecule has 1 aliphatic rings. The van der Waals surface area contributed by atoms with E-state index in [4.69, 9.17) is 5.84 Å². The molecule has 1 unspecified atom stereocenters. The Labute approximate surface area is 119 Å². The maximum absolute atomic E-state index is 12.3. The summed E-state index contributed by atoms with van der Waals surface area (Å²) in [5.74, 6) is 5.62. The standard InChI is InChI=1S/C13H22N6O/c1-3-18(4-2)10-5-6-19(9-10)13(20)11-7-16-12(17-14)8-15-11/h7-8,10H,3-6,9,14H2,1-2H3,(H,16,17). The van der Waals surface area contributed by atoms with Gasteiger partial charge in [0.1, 0.15) is 5.69 Å². The van der Waals surface area contributed by atoms with Gasteiger partial charge in [0.15, 0.2) is 5.82 Å². The minimum atomic E-state index is -0.0595. The Morgan fingerprint density at radius 2 is 2.20 bits per heavy atom. The zero-order chi connectivity index (χ0) is 14.5. The molecule has 2 rings (SSSR count). The van der Waals surface area contributed by atoms with E-state index in [0.717, 1.165) is 32.6 Å². The van der Waals surface area contributed by atoms with Crippen LogP contribution in [0.1, 0.15) is 30.8 Å². The summed E-state index contributed by atoms with van der Waals surface area (Å²) in [7, 11) is 0. The first-order valence-electron chi connectivity index (χ1n) is 7.01. The lowest BCUT2D eigenvalue weighted by Gasteiger charge is -2.26. The predicted octanol–water partition coefficient (Wildman–Crippen LogP) is 0.319. The van der Waals surface area contributed by atoms with Crippen LogP contribution in [0.4, 0.5) is 5.82 Å². The first-order valence-corrected chi connectivity index (χ1v) is 7.01. The number of hydrogen-bond acceptors (Lipinski definition) is 6. The molecule has 1 aliphatic heterocycles. The molecule has 0 aromatic carbocycles. The third-order valence-electron chi connectivity index (χ3n) is 3.80. The van der Waals surface area contributed by atoms with Crippen LogP contribution in [-0.2, 0) is 0 Å². The molecule has 0 spiro atoms. The minimum absolute atomic E-state index is 0.0595. The molecule has 1 aromatic heterocycles. The van der Waals surface area contributed by atoms with E-state index in [1.54, 1.807) is 0 Å². The normalized spacial score (nSPS) is 18.6. The number of nitrogens with zero attached hydrogens (tertiary/aromatic N) is 4. The molecule has 1 fully saturated rings. The molecule has 0 bridgehead atoms. The van der Waals surface area contributed by atoms with Crippen molar-refractivity contribution in [3.8, 4) is 0 Å². The average Bonchev–Trinajstić information content (AvgIpc) is 2.97. The predicted molar refractivity (Wildman–Crippen MR) is 77.1 cm³/mol. The number of likely N-dealkylation sites (tertiary alicyclic amines) is 1. The summed E-state index contributed by atoms with van der Waals surface area (Å²) >= 11 is 0. The van der Waals surface area contributed by atoms with Gasteiger partial charge in [-0.2, -0.15) is 0 Å². The molecule has 3 N–H and O–H groups in total. The largest absolute Gasteiger partial charge is 0.336 e. The minimum Gasteiger partial charge on any atom is -0.336 e. The van der Waals surface area contributed by atoms with Gasteiger partial charge in [0, 0.05) is 19.1 Å². The number of carbonyl (C=O) groups excluding carboxylic acids is 1. The highest BCUT2D eigenvalue weighted by Gasteiger charge is 2.30.